The van der Waals surface area contributed by atoms with Crippen LogP contribution in [0, 0.1) is 0 Å². The van der Waals surface area contributed by atoms with E-state index >= 15 is 0 Å². The first-order valence-electron chi connectivity index (χ1n) is 8.07. The molecule has 4 nitrogen and oxygen atoms in total. The Morgan fingerprint density at radius 2 is 2.05 bits per heavy atom. The average molecular weight is 287 g/mol. The summed E-state index contributed by atoms with van der Waals surface area (Å²) in [6.45, 7) is 3.94. The molecular formula is C17H25N3O. The fraction of sp³-hybridized carbons (Fsp3) is 0.588. The topological polar surface area (TPSA) is 35.6 Å². The van der Waals surface area contributed by atoms with Gasteiger partial charge in [-0.1, -0.05) is 18.2 Å². The van der Waals surface area contributed by atoms with Crippen LogP contribution in [0.2, 0.25) is 0 Å². The number of nitrogens with one attached hydrogen (secondary N) is 1. The lowest BCUT2D eigenvalue weighted by atomic mass is 10.1. The van der Waals surface area contributed by atoms with Crippen LogP contribution in [-0.4, -0.2) is 43.5 Å². The largest absolute Gasteiger partial charge is 0.371 e. The number of anilines is 1. The number of nitrogens with zero attached hydrogens (tertiary/aromatic N) is 2. The van der Waals surface area contributed by atoms with Crippen LogP contribution in [0.4, 0.5) is 5.69 Å². The first-order chi connectivity index (χ1) is 10.3. The molecule has 4 heteroatoms. The van der Waals surface area contributed by atoms with E-state index in [4.69, 9.17) is 0 Å². The Balaban J connectivity index is 1.70. The lowest BCUT2D eigenvalue weighted by Crippen LogP contribution is -2.41. The molecule has 0 saturated carbocycles. The lowest BCUT2D eigenvalue weighted by molar-refractivity contribution is -0.132. The second-order valence-electron chi connectivity index (χ2n) is 6.17. The van der Waals surface area contributed by atoms with Crippen LogP contribution in [0.1, 0.15) is 31.2 Å². The van der Waals surface area contributed by atoms with Crippen molar-refractivity contribution in [3.8, 4) is 0 Å². The summed E-state index contributed by atoms with van der Waals surface area (Å²) in [6, 6.07) is 8.53. The molecule has 2 aliphatic heterocycles. The third-order valence-electron chi connectivity index (χ3n) is 4.58. The Bertz CT molecular complexity index is 491. The fourth-order valence-electron chi connectivity index (χ4n) is 3.41. The Morgan fingerprint density at radius 1 is 1.29 bits per heavy atom. The highest BCUT2D eigenvalue weighted by molar-refractivity contribution is 5.82. The van der Waals surface area contributed by atoms with Gasteiger partial charge in [-0.25, -0.2) is 0 Å². The second kappa shape index (κ2) is 6.48. The quantitative estimate of drug-likeness (QED) is 0.920. The molecule has 3 rings (SSSR count). The molecule has 0 aromatic heterocycles. The third-order valence-corrected chi connectivity index (χ3v) is 4.58. The molecular weight excluding hydrogens is 262 g/mol. The smallest absolute Gasteiger partial charge is 0.239 e. The van der Waals surface area contributed by atoms with Gasteiger partial charge in [0.1, 0.15) is 0 Å². The summed E-state index contributed by atoms with van der Waals surface area (Å²) >= 11 is 0. The number of hydrogen-bond acceptors (Lipinski definition) is 3. The standard InChI is InChI=1S/C17H25N3O/c1-19(17(21)15-8-6-10-18-15)13-14-7-2-3-9-16(14)20-11-4-5-12-20/h2-3,7,9,15,18H,4-6,8,10-13H2,1H3. The maximum atomic E-state index is 12.4. The Hall–Kier alpha value is -1.55. The van der Waals surface area contributed by atoms with Crippen LogP contribution in [0.5, 0.6) is 0 Å². The molecule has 2 heterocycles. The van der Waals surface area contributed by atoms with Gasteiger partial charge in [0, 0.05) is 32.4 Å². The summed E-state index contributed by atoms with van der Waals surface area (Å²) in [5.41, 5.74) is 2.56. The van der Waals surface area contributed by atoms with Crippen LogP contribution in [0.3, 0.4) is 0 Å². The Morgan fingerprint density at radius 3 is 2.76 bits per heavy atom. The van der Waals surface area contributed by atoms with Crippen LogP contribution in [0.15, 0.2) is 24.3 Å². The molecule has 114 valence electrons. The van der Waals surface area contributed by atoms with Gasteiger partial charge in [-0.2, -0.15) is 0 Å². The van der Waals surface area contributed by atoms with E-state index in [0.717, 1.165) is 32.5 Å². The summed E-state index contributed by atoms with van der Waals surface area (Å²) in [4.78, 5) is 16.8. The number of amides is 1. The van der Waals surface area contributed by atoms with Gasteiger partial charge in [0.2, 0.25) is 5.91 Å². The highest BCUT2D eigenvalue weighted by Gasteiger charge is 2.25. The number of hydrogen-bond donors (Lipinski definition) is 1. The molecule has 21 heavy (non-hydrogen) atoms. The summed E-state index contributed by atoms with van der Waals surface area (Å²) in [5.74, 6) is 0.226. The van der Waals surface area contributed by atoms with Crippen LogP contribution < -0.4 is 10.2 Å². The molecule has 1 aromatic rings. The molecule has 1 aromatic carbocycles. The van der Waals surface area contributed by atoms with Gasteiger partial charge in [0.05, 0.1) is 6.04 Å². The molecule has 0 spiro atoms. The van der Waals surface area contributed by atoms with Crippen molar-refractivity contribution in [2.75, 3.05) is 31.6 Å². The lowest BCUT2D eigenvalue weighted by Gasteiger charge is -2.26. The monoisotopic (exact) mass is 287 g/mol. The summed E-state index contributed by atoms with van der Waals surface area (Å²) in [6.07, 6.45) is 4.62. The van der Waals surface area contributed by atoms with E-state index in [1.54, 1.807) is 0 Å². The molecule has 0 aliphatic carbocycles. The minimum atomic E-state index is 0.0222. The molecule has 2 aliphatic rings. The van der Waals surface area contributed by atoms with Crippen molar-refractivity contribution in [2.45, 2.75) is 38.3 Å². The minimum Gasteiger partial charge on any atom is -0.371 e. The molecule has 0 bridgehead atoms. The first kappa shape index (κ1) is 14.4. The van der Waals surface area contributed by atoms with Crippen LogP contribution in [-0.2, 0) is 11.3 Å². The van der Waals surface area contributed by atoms with Crippen molar-refractivity contribution < 1.29 is 4.79 Å². The average Bonchev–Trinajstić information content (AvgIpc) is 3.20. The number of carbonyl (C=O) groups excluding carboxylic acids is 1. The predicted molar refractivity (Wildman–Crippen MR) is 85.4 cm³/mol. The van der Waals surface area contributed by atoms with E-state index in [9.17, 15) is 4.79 Å². The zero-order valence-electron chi connectivity index (χ0n) is 12.8. The number of likely N-dealkylation sites (N-methyl/N-ethyl adjacent to an activating group) is 1. The summed E-state index contributed by atoms with van der Waals surface area (Å²) in [7, 11) is 1.92. The zero-order chi connectivity index (χ0) is 14.7. The van der Waals surface area contributed by atoms with Crippen molar-refractivity contribution >= 4 is 11.6 Å². The van der Waals surface area contributed by atoms with E-state index in [1.807, 2.05) is 11.9 Å². The van der Waals surface area contributed by atoms with Gasteiger partial charge >= 0.3 is 0 Å². The van der Waals surface area contributed by atoms with E-state index in [-0.39, 0.29) is 11.9 Å². The van der Waals surface area contributed by atoms with E-state index in [1.165, 1.54) is 24.1 Å². The number of para-hydroxylation sites is 1. The second-order valence-corrected chi connectivity index (χ2v) is 6.17. The zero-order valence-corrected chi connectivity index (χ0v) is 12.8. The summed E-state index contributed by atoms with van der Waals surface area (Å²) < 4.78 is 0. The van der Waals surface area contributed by atoms with E-state index in [2.05, 4.69) is 34.5 Å². The van der Waals surface area contributed by atoms with Crippen molar-refractivity contribution in [3.05, 3.63) is 29.8 Å². The maximum Gasteiger partial charge on any atom is 0.239 e. The highest BCUT2D eigenvalue weighted by Crippen LogP contribution is 2.25. The normalized spacial score (nSPS) is 21.8. The van der Waals surface area contributed by atoms with Crippen LogP contribution in [0.25, 0.3) is 0 Å². The van der Waals surface area contributed by atoms with Crippen molar-refractivity contribution in [2.24, 2.45) is 0 Å². The Kier molecular flexibility index (Phi) is 4.44. The maximum absolute atomic E-state index is 12.4. The van der Waals surface area contributed by atoms with Gasteiger partial charge in [-0.05, 0) is 43.9 Å². The van der Waals surface area contributed by atoms with Gasteiger partial charge in [-0.15, -0.1) is 0 Å². The summed E-state index contributed by atoms with van der Waals surface area (Å²) in [5, 5.41) is 3.29. The molecule has 1 amide bonds. The SMILES string of the molecule is CN(Cc1ccccc1N1CCCC1)C(=O)C1CCCN1. The first-order valence-corrected chi connectivity index (χ1v) is 8.07. The number of benzene rings is 1. The molecule has 1 atom stereocenters. The molecule has 1 N–H and O–H groups in total. The van der Waals surface area contributed by atoms with E-state index < -0.39 is 0 Å². The number of carbonyl (C=O) groups is 1. The molecule has 1 unspecified atom stereocenters. The minimum absolute atomic E-state index is 0.0222. The van der Waals surface area contributed by atoms with Gasteiger partial charge in [0.25, 0.3) is 0 Å². The van der Waals surface area contributed by atoms with Crippen molar-refractivity contribution in [1.82, 2.24) is 10.2 Å². The Labute approximate surface area is 127 Å². The van der Waals surface area contributed by atoms with E-state index in [0.29, 0.717) is 6.54 Å². The third kappa shape index (κ3) is 3.21. The molecule has 2 saturated heterocycles. The van der Waals surface area contributed by atoms with Crippen LogP contribution >= 0.6 is 0 Å². The number of rotatable bonds is 4. The fourth-order valence-corrected chi connectivity index (χ4v) is 3.41. The van der Waals surface area contributed by atoms with Crippen molar-refractivity contribution in [1.29, 1.82) is 0 Å². The van der Waals surface area contributed by atoms with Gasteiger partial charge in [-0.3, -0.25) is 4.79 Å². The predicted octanol–water partition coefficient (Wildman–Crippen LogP) is 2.00. The molecule has 0 radical (unpaired) electrons. The van der Waals surface area contributed by atoms with Gasteiger partial charge < -0.3 is 15.1 Å². The highest BCUT2D eigenvalue weighted by atomic mass is 16.2. The van der Waals surface area contributed by atoms with Gasteiger partial charge in [0.15, 0.2) is 0 Å². The van der Waals surface area contributed by atoms with Crippen molar-refractivity contribution in [3.63, 3.8) is 0 Å². The molecule has 2 fully saturated rings.